The van der Waals surface area contributed by atoms with E-state index in [2.05, 4.69) is 41.1 Å². The summed E-state index contributed by atoms with van der Waals surface area (Å²) in [6.45, 7) is 3.65. The highest BCUT2D eigenvalue weighted by Gasteiger charge is 2.25. The Balaban J connectivity index is 1.76. The number of benzene rings is 2. The summed E-state index contributed by atoms with van der Waals surface area (Å²) in [7, 11) is 0. The number of rotatable bonds is 9. The summed E-state index contributed by atoms with van der Waals surface area (Å²) in [5.74, 6) is 0.0785. The molecule has 0 fully saturated rings. The molecule has 3 aromatic rings. The van der Waals surface area contributed by atoms with Crippen LogP contribution in [0.3, 0.4) is 0 Å². The topological polar surface area (TPSA) is 37.9 Å². The van der Waals surface area contributed by atoms with Crippen molar-refractivity contribution in [3.8, 4) is 0 Å². The fourth-order valence-electron chi connectivity index (χ4n) is 3.16. The van der Waals surface area contributed by atoms with E-state index in [9.17, 15) is 4.79 Å². The Morgan fingerprint density at radius 2 is 1.70 bits per heavy atom. The van der Waals surface area contributed by atoms with Crippen molar-refractivity contribution in [3.05, 3.63) is 90.5 Å². The summed E-state index contributed by atoms with van der Waals surface area (Å²) >= 11 is 0. The Bertz CT molecular complexity index is 827. The molecular weight excluding hydrogens is 334 g/mol. The number of carbonyl (C=O) groups excluding carboxylic acids is 1. The molecule has 1 heterocycles. The fourth-order valence-corrected chi connectivity index (χ4v) is 3.16. The van der Waals surface area contributed by atoms with Gasteiger partial charge >= 0.3 is 0 Å². The molecule has 3 rings (SSSR count). The van der Waals surface area contributed by atoms with E-state index in [4.69, 9.17) is 0 Å². The van der Waals surface area contributed by atoms with Crippen LogP contribution in [0.2, 0.25) is 0 Å². The Morgan fingerprint density at radius 3 is 2.37 bits per heavy atom. The molecule has 0 bridgehead atoms. The van der Waals surface area contributed by atoms with Gasteiger partial charge in [0.05, 0.1) is 0 Å². The first-order valence-electron chi connectivity index (χ1n) is 9.68. The lowest BCUT2D eigenvalue weighted by Gasteiger charge is -2.14. The van der Waals surface area contributed by atoms with Crippen LogP contribution in [0.4, 0.5) is 0 Å². The van der Waals surface area contributed by atoms with E-state index in [1.54, 1.807) is 0 Å². The molecule has 0 aliphatic rings. The highest BCUT2D eigenvalue weighted by Crippen LogP contribution is 2.14. The van der Waals surface area contributed by atoms with Crippen molar-refractivity contribution in [3.63, 3.8) is 0 Å². The second-order valence-electron chi connectivity index (χ2n) is 6.87. The molecule has 0 unspecified atom stereocenters. The maximum Gasteiger partial charge on any atom is 0.265 e. The number of nitrogens with zero attached hydrogens (tertiary/aromatic N) is 2. The van der Waals surface area contributed by atoms with Crippen molar-refractivity contribution in [1.29, 1.82) is 0 Å². The second kappa shape index (κ2) is 9.72. The summed E-state index contributed by atoms with van der Waals surface area (Å²) < 4.78 is 4.14. The predicted octanol–water partition coefficient (Wildman–Crippen LogP) is 3.52. The van der Waals surface area contributed by atoms with Gasteiger partial charge in [0.25, 0.3) is 5.91 Å². The molecule has 1 atom stereocenters. The molecule has 1 amide bonds. The normalized spacial score (nSPS) is 11.9. The van der Waals surface area contributed by atoms with Crippen LogP contribution in [0.25, 0.3) is 0 Å². The maximum atomic E-state index is 12.8. The van der Waals surface area contributed by atoms with Gasteiger partial charge in [0.1, 0.15) is 18.9 Å². The predicted molar refractivity (Wildman–Crippen MR) is 107 cm³/mol. The number of aromatic nitrogens is 2. The number of nitrogens with one attached hydrogen (secondary N) is 1. The minimum Gasteiger partial charge on any atom is -0.352 e. The van der Waals surface area contributed by atoms with Gasteiger partial charge in [0.2, 0.25) is 6.33 Å². The van der Waals surface area contributed by atoms with E-state index < -0.39 is 0 Å². The van der Waals surface area contributed by atoms with Gasteiger partial charge in [-0.3, -0.25) is 4.79 Å². The van der Waals surface area contributed by atoms with E-state index in [0.29, 0.717) is 6.42 Å². The van der Waals surface area contributed by atoms with Crippen molar-refractivity contribution >= 4 is 5.91 Å². The zero-order valence-electron chi connectivity index (χ0n) is 15.9. The average molecular weight is 362 g/mol. The molecule has 4 heteroatoms. The SMILES string of the molecule is CCCCNC(=O)[C@H](Cc1ccccc1)n1cc[n+](Cc2ccccc2)c1. The molecule has 4 nitrogen and oxygen atoms in total. The lowest BCUT2D eigenvalue weighted by molar-refractivity contribution is -0.687. The number of unbranched alkanes of at least 4 members (excludes halogenated alkanes) is 1. The molecule has 0 aliphatic carbocycles. The van der Waals surface area contributed by atoms with Crippen LogP contribution in [0, 0.1) is 0 Å². The molecule has 1 N–H and O–H groups in total. The summed E-state index contributed by atoms with van der Waals surface area (Å²) in [5, 5.41) is 3.09. The third-order valence-corrected chi connectivity index (χ3v) is 4.68. The van der Waals surface area contributed by atoms with Crippen molar-refractivity contribution in [2.75, 3.05) is 6.54 Å². The van der Waals surface area contributed by atoms with E-state index in [-0.39, 0.29) is 11.9 Å². The fraction of sp³-hybridized carbons (Fsp3) is 0.304. The van der Waals surface area contributed by atoms with Crippen LogP contribution in [0.5, 0.6) is 0 Å². The Kier molecular flexibility index (Phi) is 6.80. The number of hydrogen-bond acceptors (Lipinski definition) is 1. The Labute approximate surface area is 161 Å². The van der Waals surface area contributed by atoms with E-state index >= 15 is 0 Å². The summed E-state index contributed by atoms with van der Waals surface area (Å²) in [6, 6.07) is 20.3. The van der Waals surface area contributed by atoms with Crippen LogP contribution < -0.4 is 9.88 Å². The molecule has 0 spiro atoms. The van der Waals surface area contributed by atoms with E-state index in [1.807, 2.05) is 59.7 Å². The van der Waals surface area contributed by atoms with E-state index in [1.165, 1.54) is 5.56 Å². The molecular formula is C23H28N3O+. The van der Waals surface area contributed by atoms with Crippen LogP contribution in [-0.4, -0.2) is 17.0 Å². The maximum absolute atomic E-state index is 12.8. The van der Waals surface area contributed by atoms with Gasteiger partial charge in [-0.25, -0.2) is 9.13 Å². The minimum absolute atomic E-state index is 0.0785. The van der Waals surface area contributed by atoms with E-state index in [0.717, 1.165) is 31.5 Å². The third kappa shape index (κ3) is 5.55. The molecule has 2 aromatic carbocycles. The lowest BCUT2D eigenvalue weighted by Crippen LogP contribution is -2.36. The molecule has 0 radical (unpaired) electrons. The van der Waals surface area contributed by atoms with Gasteiger partial charge in [-0.15, -0.1) is 0 Å². The van der Waals surface area contributed by atoms with Crippen molar-refractivity contribution in [1.82, 2.24) is 9.88 Å². The van der Waals surface area contributed by atoms with Crippen molar-refractivity contribution in [2.24, 2.45) is 0 Å². The number of amides is 1. The quantitative estimate of drug-likeness (QED) is 0.459. The highest BCUT2D eigenvalue weighted by atomic mass is 16.2. The minimum atomic E-state index is -0.249. The van der Waals surface area contributed by atoms with Crippen LogP contribution in [0.1, 0.15) is 36.9 Å². The highest BCUT2D eigenvalue weighted by molar-refractivity contribution is 5.80. The monoisotopic (exact) mass is 362 g/mol. The first-order valence-corrected chi connectivity index (χ1v) is 9.68. The van der Waals surface area contributed by atoms with Crippen LogP contribution in [0.15, 0.2) is 79.4 Å². The van der Waals surface area contributed by atoms with Gasteiger partial charge in [-0.2, -0.15) is 0 Å². The summed E-state index contributed by atoms with van der Waals surface area (Å²) in [6.07, 6.45) is 8.81. The molecule has 0 saturated carbocycles. The number of carbonyl (C=O) groups is 1. The van der Waals surface area contributed by atoms with Crippen LogP contribution in [-0.2, 0) is 17.8 Å². The Morgan fingerprint density at radius 1 is 1.04 bits per heavy atom. The first kappa shape index (κ1) is 18.9. The van der Waals surface area contributed by atoms with Gasteiger partial charge < -0.3 is 5.32 Å². The Hall–Kier alpha value is -2.88. The first-order chi connectivity index (χ1) is 13.3. The molecule has 1 aromatic heterocycles. The molecule has 0 saturated heterocycles. The van der Waals surface area contributed by atoms with Crippen LogP contribution >= 0.6 is 0 Å². The summed E-state index contributed by atoms with van der Waals surface area (Å²) in [5.41, 5.74) is 2.41. The zero-order chi connectivity index (χ0) is 18.9. The second-order valence-corrected chi connectivity index (χ2v) is 6.87. The van der Waals surface area contributed by atoms with Gasteiger partial charge in [0, 0.05) is 13.0 Å². The number of imidazole rings is 1. The third-order valence-electron chi connectivity index (χ3n) is 4.68. The smallest absolute Gasteiger partial charge is 0.265 e. The summed E-state index contributed by atoms with van der Waals surface area (Å²) in [4.78, 5) is 12.8. The standard InChI is InChI=1S/C23H27N3O/c1-2-3-14-24-23(27)22(17-20-10-6-4-7-11-20)26-16-15-25(19-26)18-21-12-8-5-9-13-21/h4-13,15-16,19,22H,2-3,14,17-18H2,1H3/p+1/t22-/m0/s1. The molecule has 0 aliphatic heterocycles. The van der Waals surface area contributed by atoms with Crippen molar-refractivity contribution in [2.45, 2.75) is 38.8 Å². The lowest BCUT2D eigenvalue weighted by atomic mass is 10.1. The largest absolute Gasteiger partial charge is 0.352 e. The van der Waals surface area contributed by atoms with Gasteiger partial charge in [-0.1, -0.05) is 74.0 Å². The van der Waals surface area contributed by atoms with Gasteiger partial charge in [0.15, 0.2) is 6.04 Å². The molecule has 140 valence electrons. The van der Waals surface area contributed by atoms with Crippen molar-refractivity contribution < 1.29 is 9.36 Å². The molecule has 27 heavy (non-hydrogen) atoms. The number of hydrogen-bond donors (Lipinski definition) is 1. The van der Waals surface area contributed by atoms with Gasteiger partial charge in [-0.05, 0) is 17.5 Å². The average Bonchev–Trinajstić information content (AvgIpc) is 3.16. The zero-order valence-corrected chi connectivity index (χ0v) is 15.9.